The Morgan fingerprint density at radius 2 is 1.69 bits per heavy atom. The Kier molecular flexibility index (Phi) is 3.19. The fraction of sp³-hybridized carbons (Fsp3) is 0.0909. The van der Waals surface area contributed by atoms with Gasteiger partial charge in [0.2, 0.25) is 0 Å². The molecule has 2 heterocycles. The molecule has 3 aromatic carbocycles. The van der Waals surface area contributed by atoms with Crippen LogP contribution in [0.5, 0.6) is 0 Å². The molecule has 0 bridgehead atoms. The van der Waals surface area contributed by atoms with E-state index in [0.29, 0.717) is 5.71 Å². The summed E-state index contributed by atoms with van der Waals surface area (Å²) in [6, 6.07) is 22.2. The largest absolute Gasteiger partial charge is 0.341 e. The number of para-hydroxylation sites is 2. The number of carbonyl (C=O) groups is 1. The summed E-state index contributed by atoms with van der Waals surface area (Å²) in [6.07, 6.45) is 0. The first-order valence-corrected chi connectivity index (χ1v) is 8.76. The molecule has 4 aromatic rings. The van der Waals surface area contributed by atoms with Crippen LogP contribution in [0.4, 0.5) is 11.4 Å². The van der Waals surface area contributed by atoms with Crippen molar-refractivity contribution in [3.05, 3.63) is 72.3 Å². The molecule has 1 amide bonds. The van der Waals surface area contributed by atoms with E-state index in [0.717, 1.165) is 28.9 Å². The zero-order valence-corrected chi connectivity index (χ0v) is 14.4. The van der Waals surface area contributed by atoms with E-state index in [1.165, 1.54) is 16.4 Å². The molecular weight excluding hydrogens is 322 g/mol. The van der Waals surface area contributed by atoms with Crippen molar-refractivity contribution in [2.24, 2.45) is 4.99 Å². The van der Waals surface area contributed by atoms with Crippen LogP contribution in [-0.2, 0) is 11.3 Å². The van der Waals surface area contributed by atoms with Gasteiger partial charge in [-0.25, -0.2) is 4.99 Å². The summed E-state index contributed by atoms with van der Waals surface area (Å²) in [5, 5.41) is 5.25. The second kappa shape index (κ2) is 5.56. The van der Waals surface area contributed by atoms with Crippen LogP contribution in [0.15, 0.2) is 71.7 Å². The third-order valence-electron chi connectivity index (χ3n) is 4.96. The van der Waals surface area contributed by atoms with E-state index in [2.05, 4.69) is 58.2 Å². The minimum absolute atomic E-state index is 0.151. The zero-order chi connectivity index (χ0) is 17.7. The number of anilines is 1. The molecular formula is C22H17N3O. The second-order valence-electron chi connectivity index (χ2n) is 6.42. The maximum atomic E-state index is 12.3. The van der Waals surface area contributed by atoms with Crippen LogP contribution >= 0.6 is 0 Å². The number of fused-ring (bicyclic) bond motifs is 4. The van der Waals surface area contributed by atoms with Crippen molar-refractivity contribution in [1.82, 2.24) is 4.57 Å². The summed E-state index contributed by atoms with van der Waals surface area (Å²) >= 11 is 0. The molecule has 1 N–H and O–H groups in total. The molecule has 0 unspecified atom stereocenters. The SMILES string of the molecule is CCn1c2ccccc2c2cc(N=C3C(=O)Nc4ccccc43)ccc21. The normalized spacial score (nSPS) is 15.0. The molecule has 0 atom stereocenters. The van der Waals surface area contributed by atoms with Gasteiger partial charge in [-0.2, -0.15) is 0 Å². The number of hydrogen-bond acceptors (Lipinski definition) is 2. The molecule has 1 aliphatic rings. The molecule has 0 saturated heterocycles. The van der Waals surface area contributed by atoms with E-state index in [9.17, 15) is 4.79 Å². The number of nitrogens with zero attached hydrogens (tertiary/aromatic N) is 2. The Labute approximate surface area is 150 Å². The Morgan fingerprint density at radius 1 is 0.923 bits per heavy atom. The quantitative estimate of drug-likeness (QED) is 0.555. The maximum absolute atomic E-state index is 12.3. The highest BCUT2D eigenvalue weighted by molar-refractivity contribution is 6.54. The van der Waals surface area contributed by atoms with Gasteiger partial charge in [-0.05, 0) is 37.3 Å². The van der Waals surface area contributed by atoms with Gasteiger partial charge in [0, 0.05) is 33.9 Å². The average Bonchev–Trinajstić information content (AvgIpc) is 3.16. The third-order valence-corrected chi connectivity index (χ3v) is 4.96. The number of hydrogen-bond donors (Lipinski definition) is 1. The second-order valence-corrected chi connectivity index (χ2v) is 6.42. The molecule has 0 saturated carbocycles. The smallest absolute Gasteiger partial charge is 0.275 e. The van der Waals surface area contributed by atoms with Gasteiger partial charge in [0.15, 0.2) is 0 Å². The molecule has 0 radical (unpaired) electrons. The van der Waals surface area contributed by atoms with Crippen LogP contribution in [0.1, 0.15) is 12.5 Å². The molecule has 26 heavy (non-hydrogen) atoms. The van der Waals surface area contributed by atoms with Gasteiger partial charge in [0.05, 0.1) is 11.4 Å². The number of aryl methyl sites for hydroxylation is 1. The minimum Gasteiger partial charge on any atom is -0.341 e. The van der Waals surface area contributed by atoms with E-state index >= 15 is 0 Å². The first-order chi connectivity index (χ1) is 12.8. The monoisotopic (exact) mass is 339 g/mol. The predicted octanol–water partition coefficient (Wildman–Crippen LogP) is 4.89. The number of carbonyl (C=O) groups excluding carboxylic acids is 1. The Hall–Kier alpha value is -3.40. The summed E-state index contributed by atoms with van der Waals surface area (Å²) in [5.74, 6) is -0.151. The summed E-state index contributed by atoms with van der Waals surface area (Å²) in [4.78, 5) is 17.0. The van der Waals surface area contributed by atoms with Gasteiger partial charge in [-0.3, -0.25) is 4.79 Å². The predicted molar refractivity (Wildman–Crippen MR) is 106 cm³/mol. The lowest BCUT2D eigenvalue weighted by atomic mass is 10.1. The van der Waals surface area contributed by atoms with Crippen LogP contribution < -0.4 is 5.32 Å². The molecule has 1 aromatic heterocycles. The van der Waals surface area contributed by atoms with E-state index in [-0.39, 0.29) is 5.91 Å². The summed E-state index contributed by atoms with van der Waals surface area (Å²) in [6.45, 7) is 3.06. The van der Waals surface area contributed by atoms with E-state index < -0.39 is 0 Å². The minimum atomic E-state index is -0.151. The first-order valence-electron chi connectivity index (χ1n) is 8.76. The van der Waals surface area contributed by atoms with E-state index in [4.69, 9.17) is 0 Å². The molecule has 0 fully saturated rings. The summed E-state index contributed by atoms with van der Waals surface area (Å²) < 4.78 is 2.30. The number of aromatic nitrogens is 1. The van der Waals surface area contributed by atoms with Gasteiger partial charge in [-0.15, -0.1) is 0 Å². The van der Waals surface area contributed by atoms with Crippen molar-refractivity contribution in [2.75, 3.05) is 5.32 Å². The third kappa shape index (κ3) is 2.09. The molecule has 0 spiro atoms. The lowest BCUT2D eigenvalue weighted by Crippen LogP contribution is -2.13. The van der Waals surface area contributed by atoms with Crippen molar-refractivity contribution < 1.29 is 4.79 Å². The lowest BCUT2D eigenvalue weighted by molar-refractivity contribution is -0.110. The summed E-state index contributed by atoms with van der Waals surface area (Å²) in [5.41, 5.74) is 5.35. The number of nitrogens with one attached hydrogen (secondary N) is 1. The lowest BCUT2D eigenvalue weighted by Gasteiger charge is -2.03. The highest BCUT2D eigenvalue weighted by atomic mass is 16.2. The van der Waals surface area contributed by atoms with Gasteiger partial charge in [0.1, 0.15) is 5.71 Å². The maximum Gasteiger partial charge on any atom is 0.275 e. The fourth-order valence-electron chi connectivity index (χ4n) is 3.79. The van der Waals surface area contributed by atoms with Crippen LogP contribution in [0.3, 0.4) is 0 Å². The average molecular weight is 339 g/mol. The van der Waals surface area contributed by atoms with Crippen molar-refractivity contribution in [3.63, 3.8) is 0 Å². The van der Waals surface area contributed by atoms with Crippen molar-refractivity contribution in [2.45, 2.75) is 13.5 Å². The molecule has 5 rings (SSSR count). The molecule has 0 aliphatic carbocycles. The van der Waals surface area contributed by atoms with Crippen LogP contribution in [0, 0.1) is 0 Å². The number of aliphatic imine (C=N–C) groups is 1. The number of rotatable bonds is 2. The van der Waals surface area contributed by atoms with Gasteiger partial charge >= 0.3 is 0 Å². The van der Waals surface area contributed by atoms with Crippen LogP contribution in [-0.4, -0.2) is 16.2 Å². The van der Waals surface area contributed by atoms with Crippen molar-refractivity contribution in [3.8, 4) is 0 Å². The Morgan fingerprint density at radius 3 is 2.58 bits per heavy atom. The van der Waals surface area contributed by atoms with Crippen molar-refractivity contribution >= 4 is 44.8 Å². The molecule has 4 nitrogen and oxygen atoms in total. The van der Waals surface area contributed by atoms with Gasteiger partial charge in [-0.1, -0.05) is 36.4 Å². The van der Waals surface area contributed by atoms with Gasteiger partial charge < -0.3 is 9.88 Å². The zero-order valence-electron chi connectivity index (χ0n) is 14.4. The number of amides is 1. The first kappa shape index (κ1) is 14.9. The Balaban J connectivity index is 1.72. The summed E-state index contributed by atoms with van der Waals surface area (Å²) in [7, 11) is 0. The van der Waals surface area contributed by atoms with E-state index in [1.807, 2.05) is 30.3 Å². The highest BCUT2D eigenvalue weighted by Crippen LogP contribution is 2.33. The standard InChI is InChI=1S/C22H17N3O/c1-2-25-19-10-6-4-7-15(19)17-13-14(11-12-20(17)25)23-21-16-8-3-5-9-18(16)24-22(21)26/h3-13H,2H2,1H3,(H,23,24,26). The van der Waals surface area contributed by atoms with Crippen LogP contribution in [0.2, 0.25) is 0 Å². The van der Waals surface area contributed by atoms with E-state index in [1.54, 1.807) is 0 Å². The highest BCUT2D eigenvalue weighted by Gasteiger charge is 2.25. The molecule has 4 heteroatoms. The molecule has 1 aliphatic heterocycles. The van der Waals surface area contributed by atoms with Gasteiger partial charge in [0.25, 0.3) is 5.91 Å². The number of benzene rings is 3. The van der Waals surface area contributed by atoms with Crippen molar-refractivity contribution in [1.29, 1.82) is 0 Å². The Bertz CT molecular complexity index is 1220. The van der Waals surface area contributed by atoms with Crippen LogP contribution in [0.25, 0.3) is 21.8 Å². The fourth-order valence-corrected chi connectivity index (χ4v) is 3.79. The molecule has 126 valence electrons. The topological polar surface area (TPSA) is 46.4 Å².